The molecule has 0 amide bonds. The van der Waals surface area contributed by atoms with Crippen LogP contribution in [0.25, 0.3) is 0 Å². The van der Waals surface area contributed by atoms with Crippen molar-refractivity contribution in [3.8, 4) is 5.75 Å². The number of methoxy groups -OCH3 is 1. The van der Waals surface area contributed by atoms with Gasteiger partial charge in [-0.25, -0.2) is 9.98 Å². The van der Waals surface area contributed by atoms with Crippen LogP contribution in [-0.4, -0.2) is 18.3 Å². The van der Waals surface area contributed by atoms with E-state index in [9.17, 15) is 0 Å². The van der Waals surface area contributed by atoms with E-state index in [1.165, 1.54) is 0 Å². The lowest BCUT2D eigenvalue weighted by Crippen LogP contribution is -1.84. The van der Waals surface area contributed by atoms with E-state index in [1.807, 2.05) is 30.3 Å². The van der Waals surface area contributed by atoms with Gasteiger partial charge in [0, 0.05) is 18.5 Å². The monoisotopic (exact) mass is 212 g/mol. The molecular weight excluding hydrogens is 200 g/mol. The van der Waals surface area contributed by atoms with E-state index >= 15 is 0 Å². The topological polar surface area (TPSA) is 34.5 Å². The molecule has 0 fully saturated rings. The molecule has 80 valence electrons. The number of ether oxygens (including phenoxy) is 1. The number of benzene rings is 1. The van der Waals surface area contributed by atoms with Gasteiger partial charge in [0.15, 0.2) is 5.82 Å². The molecule has 0 unspecified atom stereocenters. The van der Waals surface area contributed by atoms with Crippen molar-refractivity contribution in [1.82, 2.24) is 4.98 Å². The average molecular weight is 212 g/mol. The van der Waals surface area contributed by atoms with Crippen LogP contribution in [0.3, 0.4) is 0 Å². The highest BCUT2D eigenvalue weighted by molar-refractivity contribution is 5.81. The molecule has 0 bridgehead atoms. The minimum Gasteiger partial charge on any atom is -0.497 e. The van der Waals surface area contributed by atoms with E-state index in [1.54, 1.807) is 31.7 Å². The smallest absolute Gasteiger partial charge is 0.155 e. The fraction of sp³-hybridized carbons (Fsp3) is 0.0769. The molecule has 2 aromatic rings. The van der Waals surface area contributed by atoms with Crippen LogP contribution in [0.15, 0.2) is 53.7 Å². The number of aromatic nitrogens is 1. The summed E-state index contributed by atoms with van der Waals surface area (Å²) >= 11 is 0. The summed E-state index contributed by atoms with van der Waals surface area (Å²) < 4.78 is 5.09. The molecule has 2 rings (SSSR count). The Labute approximate surface area is 94.4 Å². The summed E-state index contributed by atoms with van der Waals surface area (Å²) in [5.41, 5.74) is 1.05. The maximum absolute atomic E-state index is 5.09. The van der Waals surface area contributed by atoms with Crippen LogP contribution in [0.4, 0.5) is 5.82 Å². The van der Waals surface area contributed by atoms with E-state index in [0.29, 0.717) is 5.82 Å². The first kappa shape index (κ1) is 10.4. The summed E-state index contributed by atoms with van der Waals surface area (Å²) in [7, 11) is 1.63. The third kappa shape index (κ3) is 2.67. The van der Waals surface area contributed by atoms with Crippen LogP contribution in [0.5, 0.6) is 5.75 Å². The molecule has 1 aromatic carbocycles. The van der Waals surface area contributed by atoms with E-state index in [-0.39, 0.29) is 0 Å². The number of aliphatic imine (C=N–C) groups is 1. The second-order valence-corrected chi connectivity index (χ2v) is 3.22. The Morgan fingerprint density at radius 1 is 1.19 bits per heavy atom. The van der Waals surface area contributed by atoms with Crippen LogP contribution in [0.1, 0.15) is 5.56 Å². The Balaban J connectivity index is 2.17. The van der Waals surface area contributed by atoms with Gasteiger partial charge in [0.1, 0.15) is 5.75 Å². The Morgan fingerprint density at radius 2 is 2.00 bits per heavy atom. The largest absolute Gasteiger partial charge is 0.497 e. The molecule has 0 N–H and O–H groups in total. The standard InChI is InChI=1S/C13H12N2O/c1-16-12-7-8-14-13(9-12)15-10-11-5-3-2-4-6-11/h2-10H,1H3/b15-10+. The Bertz CT molecular complexity index is 480. The van der Waals surface area contributed by atoms with Crippen LogP contribution in [-0.2, 0) is 0 Å². The number of nitrogens with zero attached hydrogens (tertiary/aromatic N) is 2. The Kier molecular flexibility index (Phi) is 3.28. The van der Waals surface area contributed by atoms with Gasteiger partial charge in [0.2, 0.25) is 0 Å². The lowest BCUT2D eigenvalue weighted by atomic mass is 10.2. The Morgan fingerprint density at radius 3 is 2.75 bits per heavy atom. The summed E-state index contributed by atoms with van der Waals surface area (Å²) in [5.74, 6) is 1.40. The molecule has 3 heteroatoms. The van der Waals surface area contributed by atoms with Gasteiger partial charge in [-0.15, -0.1) is 0 Å². The molecule has 1 heterocycles. The highest BCUT2D eigenvalue weighted by atomic mass is 16.5. The lowest BCUT2D eigenvalue weighted by Gasteiger charge is -1.98. The molecular formula is C13H12N2O. The zero-order valence-corrected chi connectivity index (χ0v) is 9.00. The van der Waals surface area contributed by atoms with Crippen molar-refractivity contribution in [2.24, 2.45) is 4.99 Å². The quantitative estimate of drug-likeness (QED) is 0.733. The zero-order chi connectivity index (χ0) is 11.2. The van der Waals surface area contributed by atoms with Crippen LogP contribution in [0.2, 0.25) is 0 Å². The van der Waals surface area contributed by atoms with Gasteiger partial charge < -0.3 is 4.74 Å². The molecule has 0 radical (unpaired) electrons. The van der Waals surface area contributed by atoms with E-state index in [4.69, 9.17) is 4.74 Å². The molecule has 0 atom stereocenters. The second-order valence-electron chi connectivity index (χ2n) is 3.22. The molecule has 0 saturated heterocycles. The van der Waals surface area contributed by atoms with Gasteiger partial charge in [-0.3, -0.25) is 0 Å². The summed E-state index contributed by atoms with van der Waals surface area (Å²) in [6, 6.07) is 13.5. The van der Waals surface area contributed by atoms with Crippen molar-refractivity contribution >= 4 is 12.0 Å². The minimum absolute atomic E-state index is 0.642. The van der Waals surface area contributed by atoms with Crippen LogP contribution >= 0.6 is 0 Å². The molecule has 1 aromatic heterocycles. The Hall–Kier alpha value is -2.16. The van der Waals surface area contributed by atoms with Gasteiger partial charge in [-0.1, -0.05) is 30.3 Å². The third-order valence-corrected chi connectivity index (χ3v) is 2.10. The molecule has 0 aliphatic carbocycles. The highest BCUT2D eigenvalue weighted by Crippen LogP contribution is 2.15. The minimum atomic E-state index is 0.642. The summed E-state index contributed by atoms with van der Waals surface area (Å²) in [4.78, 5) is 8.39. The predicted octanol–water partition coefficient (Wildman–Crippen LogP) is 2.84. The van der Waals surface area contributed by atoms with Crippen molar-refractivity contribution in [3.05, 3.63) is 54.2 Å². The maximum atomic E-state index is 5.09. The first-order valence-corrected chi connectivity index (χ1v) is 4.97. The summed E-state index contributed by atoms with van der Waals surface area (Å²) in [6.07, 6.45) is 3.46. The van der Waals surface area contributed by atoms with Gasteiger partial charge in [-0.05, 0) is 11.6 Å². The second kappa shape index (κ2) is 5.07. The fourth-order valence-electron chi connectivity index (χ4n) is 1.28. The first-order valence-electron chi connectivity index (χ1n) is 4.97. The van der Waals surface area contributed by atoms with E-state index < -0.39 is 0 Å². The molecule has 0 spiro atoms. The van der Waals surface area contributed by atoms with Gasteiger partial charge in [-0.2, -0.15) is 0 Å². The molecule has 0 aliphatic rings. The number of hydrogen-bond acceptors (Lipinski definition) is 3. The SMILES string of the molecule is COc1ccnc(/N=C/c2ccccc2)c1. The van der Waals surface area contributed by atoms with E-state index in [0.717, 1.165) is 11.3 Å². The van der Waals surface area contributed by atoms with Crippen molar-refractivity contribution in [2.45, 2.75) is 0 Å². The van der Waals surface area contributed by atoms with Gasteiger partial charge >= 0.3 is 0 Å². The zero-order valence-electron chi connectivity index (χ0n) is 9.00. The van der Waals surface area contributed by atoms with E-state index in [2.05, 4.69) is 9.98 Å². The van der Waals surface area contributed by atoms with Crippen LogP contribution in [0, 0.1) is 0 Å². The van der Waals surface area contributed by atoms with Gasteiger partial charge in [0.05, 0.1) is 7.11 Å². The number of pyridine rings is 1. The third-order valence-electron chi connectivity index (χ3n) is 2.10. The first-order chi connectivity index (χ1) is 7.88. The van der Waals surface area contributed by atoms with Crippen molar-refractivity contribution < 1.29 is 4.74 Å². The summed E-state index contributed by atoms with van der Waals surface area (Å²) in [6.45, 7) is 0. The predicted molar refractivity (Wildman–Crippen MR) is 64.5 cm³/mol. The molecule has 0 saturated carbocycles. The number of hydrogen-bond donors (Lipinski definition) is 0. The molecule has 16 heavy (non-hydrogen) atoms. The fourth-order valence-corrected chi connectivity index (χ4v) is 1.28. The maximum Gasteiger partial charge on any atom is 0.155 e. The van der Waals surface area contributed by atoms with Crippen molar-refractivity contribution in [3.63, 3.8) is 0 Å². The normalized spacial score (nSPS) is 10.6. The molecule has 0 aliphatic heterocycles. The molecule has 3 nitrogen and oxygen atoms in total. The highest BCUT2D eigenvalue weighted by Gasteiger charge is 1.93. The lowest BCUT2D eigenvalue weighted by molar-refractivity contribution is 0.414. The van der Waals surface area contributed by atoms with Gasteiger partial charge in [0.25, 0.3) is 0 Å². The summed E-state index contributed by atoms with van der Waals surface area (Å²) in [5, 5.41) is 0. The van der Waals surface area contributed by atoms with Crippen molar-refractivity contribution in [2.75, 3.05) is 7.11 Å². The number of rotatable bonds is 3. The van der Waals surface area contributed by atoms with Crippen LogP contribution < -0.4 is 4.74 Å². The average Bonchev–Trinajstić information content (AvgIpc) is 2.38. The van der Waals surface area contributed by atoms with Crippen molar-refractivity contribution in [1.29, 1.82) is 0 Å².